The van der Waals surface area contributed by atoms with Crippen molar-refractivity contribution in [1.29, 1.82) is 0 Å². The number of fused-ring (bicyclic) bond motifs is 3. The van der Waals surface area contributed by atoms with Crippen LogP contribution in [-0.2, 0) is 0 Å². The monoisotopic (exact) mass is 361 g/mol. The molecule has 0 bridgehead atoms. The van der Waals surface area contributed by atoms with E-state index < -0.39 is 0 Å². The summed E-state index contributed by atoms with van der Waals surface area (Å²) >= 11 is 0. The molecule has 0 saturated carbocycles. The van der Waals surface area contributed by atoms with Crippen molar-refractivity contribution in [3.63, 3.8) is 0 Å². The van der Waals surface area contributed by atoms with Gasteiger partial charge in [-0.15, -0.1) is 0 Å². The van der Waals surface area contributed by atoms with E-state index in [-0.39, 0.29) is 6.17 Å². The molecule has 8 heteroatoms. The number of nitrogens with one attached hydrogen (secondary N) is 1. The Balaban J connectivity index is 1.73. The summed E-state index contributed by atoms with van der Waals surface area (Å²) in [6, 6.07) is 12.0. The first kappa shape index (κ1) is 15.7. The quantitative estimate of drug-likeness (QED) is 0.572. The van der Waals surface area contributed by atoms with Gasteiger partial charge in [0, 0.05) is 23.0 Å². The van der Waals surface area contributed by atoms with Crippen molar-refractivity contribution in [3.8, 4) is 5.82 Å². The highest BCUT2D eigenvalue weighted by atomic mass is 16.5. The lowest BCUT2D eigenvalue weighted by atomic mass is 10.1. The molecule has 1 atom stereocenters. The number of hydrogen-bond acceptors (Lipinski definition) is 6. The van der Waals surface area contributed by atoms with Crippen LogP contribution >= 0.6 is 0 Å². The minimum atomic E-state index is -0.304. The van der Waals surface area contributed by atoms with Gasteiger partial charge in [-0.3, -0.25) is 14.5 Å². The number of imidazole rings is 1. The second kappa shape index (κ2) is 5.47. The van der Waals surface area contributed by atoms with Crippen molar-refractivity contribution in [3.05, 3.63) is 59.1 Å². The van der Waals surface area contributed by atoms with E-state index in [1.165, 1.54) is 0 Å². The third kappa shape index (κ3) is 2.26. The molecule has 3 aromatic heterocycles. The summed E-state index contributed by atoms with van der Waals surface area (Å²) in [5.74, 6) is 2.57. The predicted molar refractivity (Wildman–Crippen MR) is 103 cm³/mol. The lowest BCUT2D eigenvalue weighted by Crippen LogP contribution is -2.31. The lowest BCUT2D eigenvalue weighted by molar-refractivity contribution is 0.394. The third-order valence-electron chi connectivity index (χ3n) is 4.93. The summed E-state index contributed by atoms with van der Waals surface area (Å²) in [7, 11) is 0. The Kier molecular flexibility index (Phi) is 3.18. The van der Waals surface area contributed by atoms with Gasteiger partial charge in [-0.1, -0.05) is 17.3 Å². The van der Waals surface area contributed by atoms with Crippen LogP contribution in [0.2, 0.25) is 0 Å². The van der Waals surface area contributed by atoms with E-state index >= 15 is 0 Å². The summed E-state index contributed by atoms with van der Waals surface area (Å²) in [6.45, 7) is 5.98. The normalized spacial score (nSPS) is 16.3. The molecule has 3 N–H and O–H groups in total. The Morgan fingerprint density at radius 1 is 1.15 bits per heavy atom. The van der Waals surface area contributed by atoms with Gasteiger partial charge in [0.2, 0.25) is 5.95 Å². The number of hydrogen-bond donors (Lipinski definition) is 2. The zero-order valence-corrected chi connectivity index (χ0v) is 15.3. The van der Waals surface area contributed by atoms with Crippen LogP contribution in [0.3, 0.4) is 0 Å². The molecule has 0 fully saturated rings. The summed E-state index contributed by atoms with van der Waals surface area (Å²) in [6.07, 6.45) is -0.304. The van der Waals surface area contributed by atoms with Crippen LogP contribution in [0, 0.1) is 20.8 Å². The molecule has 0 saturated heterocycles. The van der Waals surface area contributed by atoms with E-state index in [1.54, 1.807) is 0 Å². The van der Waals surface area contributed by atoms with Gasteiger partial charge in [0.1, 0.15) is 5.76 Å². The Morgan fingerprint density at radius 3 is 2.74 bits per heavy atom. The molecule has 4 heterocycles. The molecule has 0 spiro atoms. The molecule has 4 aromatic rings. The first-order valence-electron chi connectivity index (χ1n) is 8.72. The van der Waals surface area contributed by atoms with E-state index in [2.05, 4.69) is 42.6 Å². The van der Waals surface area contributed by atoms with Crippen molar-refractivity contribution in [1.82, 2.24) is 19.3 Å². The van der Waals surface area contributed by atoms with E-state index in [4.69, 9.17) is 10.3 Å². The zero-order chi connectivity index (χ0) is 18.7. The molecule has 8 nitrogen and oxygen atoms in total. The number of aromatic nitrogens is 4. The van der Waals surface area contributed by atoms with Gasteiger partial charge in [-0.25, -0.2) is 9.98 Å². The number of guanidine groups is 1. The minimum absolute atomic E-state index is 0.304. The number of nitrogens with two attached hydrogens (primary N) is 1. The Labute approximate surface area is 155 Å². The van der Waals surface area contributed by atoms with Gasteiger partial charge in [-0.05, 0) is 39.0 Å². The van der Waals surface area contributed by atoms with Gasteiger partial charge < -0.3 is 10.3 Å². The highest BCUT2D eigenvalue weighted by Gasteiger charge is 2.28. The molecular formula is C19H19N7O. The fraction of sp³-hybridized carbons (Fsp3) is 0.211. The first-order chi connectivity index (χ1) is 13.0. The average Bonchev–Trinajstić information content (AvgIpc) is 3.29. The standard InChI is InChI=1S/C19H19N7O/c1-10-8-13(12(3)25(10)16-9-11(2)27-24-16)17-22-18(20)23-19-21-14-6-4-5-7-15(14)26(17)19/h4-9,17H,1-3H3,(H3,20,21,22,23)/t17-/m0/s1. The largest absolute Gasteiger partial charge is 0.370 e. The van der Waals surface area contributed by atoms with Crippen LogP contribution in [0.1, 0.15) is 28.9 Å². The molecule has 0 amide bonds. The summed E-state index contributed by atoms with van der Waals surface area (Å²) in [5, 5.41) is 7.23. The van der Waals surface area contributed by atoms with Gasteiger partial charge in [0.05, 0.1) is 11.0 Å². The number of rotatable bonds is 2. The molecule has 27 heavy (non-hydrogen) atoms. The molecule has 0 aliphatic carbocycles. The maximum atomic E-state index is 6.06. The molecular weight excluding hydrogens is 342 g/mol. The number of nitrogens with zero attached hydrogens (tertiary/aromatic N) is 5. The highest BCUT2D eigenvalue weighted by Crippen LogP contribution is 2.35. The van der Waals surface area contributed by atoms with Crippen LogP contribution in [0.4, 0.5) is 5.95 Å². The Hall–Kier alpha value is -3.55. The van der Waals surface area contributed by atoms with Crippen molar-refractivity contribution in [2.24, 2.45) is 10.7 Å². The summed E-state index contributed by atoms with van der Waals surface area (Å²) < 4.78 is 9.40. The van der Waals surface area contributed by atoms with E-state index in [0.29, 0.717) is 11.9 Å². The predicted octanol–water partition coefficient (Wildman–Crippen LogP) is 3.03. The van der Waals surface area contributed by atoms with Crippen LogP contribution in [-0.4, -0.2) is 25.2 Å². The number of aryl methyl sites for hydroxylation is 2. The van der Waals surface area contributed by atoms with Crippen molar-refractivity contribution in [2.45, 2.75) is 26.9 Å². The minimum Gasteiger partial charge on any atom is -0.370 e. The maximum Gasteiger partial charge on any atom is 0.212 e. The second-order valence-corrected chi connectivity index (χ2v) is 6.76. The first-order valence-corrected chi connectivity index (χ1v) is 8.72. The van der Waals surface area contributed by atoms with Crippen LogP contribution < -0.4 is 11.1 Å². The Bertz CT molecular complexity index is 1210. The molecule has 136 valence electrons. The number of anilines is 1. The van der Waals surface area contributed by atoms with Crippen molar-refractivity contribution < 1.29 is 4.52 Å². The van der Waals surface area contributed by atoms with E-state index in [0.717, 1.165) is 39.6 Å². The lowest BCUT2D eigenvalue weighted by Gasteiger charge is -2.23. The van der Waals surface area contributed by atoms with Crippen LogP contribution in [0.15, 0.2) is 45.9 Å². The molecule has 1 aromatic carbocycles. The number of para-hydroxylation sites is 2. The zero-order valence-electron chi connectivity index (χ0n) is 15.3. The molecule has 1 aliphatic rings. The second-order valence-electron chi connectivity index (χ2n) is 6.76. The smallest absolute Gasteiger partial charge is 0.212 e. The third-order valence-corrected chi connectivity index (χ3v) is 4.93. The van der Waals surface area contributed by atoms with Crippen LogP contribution in [0.5, 0.6) is 0 Å². The molecule has 0 unspecified atom stereocenters. The summed E-state index contributed by atoms with van der Waals surface area (Å²) in [4.78, 5) is 9.34. The van der Waals surface area contributed by atoms with Crippen LogP contribution in [0.25, 0.3) is 16.9 Å². The fourth-order valence-corrected chi connectivity index (χ4v) is 3.79. The summed E-state index contributed by atoms with van der Waals surface area (Å²) in [5.41, 5.74) is 11.1. The van der Waals surface area contributed by atoms with E-state index in [1.807, 2.05) is 44.2 Å². The number of aliphatic imine (C=N–C) groups is 1. The van der Waals surface area contributed by atoms with Crippen molar-refractivity contribution in [2.75, 3.05) is 5.32 Å². The maximum absolute atomic E-state index is 6.06. The topological polar surface area (TPSA) is 99.2 Å². The molecule has 0 radical (unpaired) electrons. The fourth-order valence-electron chi connectivity index (χ4n) is 3.79. The van der Waals surface area contributed by atoms with E-state index in [9.17, 15) is 0 Å². The van der Waals surface area contributed by atoms with Gasteiger partial charge >= 0.3 is 0 Å². The SMILES string of the molecule is Cc1cc(-n2c(C)cc([C@H]3N=C(N)Nc4nc5ccccc5n43)c2C)no1. The van der Waals surface area contributed by atoms with Gasteiger partial charge in [0.15, 0.2) is 17.9 Å². The molecule has 5 rings (SSSR count). The Morgan fingerprint density at radius 2 is 1.96 bits per heavy atom. The highest BCUT2D eigenvalue weighted by molar-refractivity contribution is 5.94. The van der Waals surface area contributed by atoms with Crippen molar-refractivity contribution >= 4 is 22.9 Å². The van der Waals surface area contributed by atoms with Gasteiger partial charge in [-0.2, -0.15) is 0 Å². The van der Waals surface area contributed by atoms with Gasteiger partial charge in [0.25, 0.3) is 0 Å². The molecule has 1 aliphatic heterocycles. The number of benzene rings is 1. The average molecular weight is 361 g/mol.